The molecule has 5 rings (SSSR count). The molecule has 0 bridgehead atoms. The number of nitrogens with one attached hydrogen (secondary N) is 1. The molecule has 0 radical (unpaired) electrons. The second-order valence-corrected chi connectivity index (χ2v) is 9.69. The minimum Gasteiger partial charge on any atom is -0.329 e. The van der Waals surface area contributed by atoms with E-state index in [1.165, 1.54) is 28.5 Å². The van der Waals surface area contributed by atoms with Crippen LogP contribution in [0.5, 0.6) is 0 Å². The van der Waals surface area contributed by atoms with Gasteiger partial charge in [-0.25, -0.2) is 9.37 Å². The lowest BCUT2D eigenvalue weighted by Gasteiger charge is -2.10. The fourth-order valence-corrected chi connectivity index (χ4v) is 5.52. The van der Waals surface area contributed by atoms with Crippen LogP contribution in [0.25, 0.3) is 21.3 Å². The monoisotopic (exact) mass is 444 g/mol. The first-order valence-corrected chi connectivity index (χ1v) is 11.9. The number of halogens is 1. The highest BCUT2D eigenvalue weighted by Crippen LogP contribution is 2.33. The van der Waals surface area contributed by atoms with Crippen LogP contribution in [0.4, 0.5) is 15.2 Å². The predicted molar refractivity (Wildman–Crippen MR) is 131 cm³/mol. The van der Waals surface area contributed by atoms with E-state index in [0.29, 0.717) is 10.8 Å². The van der Waals surface area contributed by atoms with Crippen molar-refractivity contribution < 1.29 is 9.18 Å². The maximum Gasteiger partial charge on any atom is 0.188 e. The molecule has 1 aliphatic carbocycles. The van der Waals surface area contributed by atoms with E-state index in [0.717, 1.165) is 52.6 Å². The Morgan fingerprint density at radius 2 is 1.72 bits per heavy atom. The summed E-state index contributed by atoms with van der Waals surface area (Å²) in [4.78, 5) is 17.2. The van der Waals surface area contributed by atoms with Crippen LogP contribution in [-0.4, -0.2) is 10.8 Å². The number of fused-ring (bicyclic) bond motifs is 1. The second-order valence-electron chi connectivity index (χ2n) is 8.69. The minimum atomic E-state index is -0.333. The molecule has 1 aromatic heterocycles. The van der Waals surface area contributed by atoms with E-state index < -0.39 is 0 Å². The summed E-state index contributed by atoms with van der Waals surface area (Å²) in [5, 5.41) is 3.81. The summed E-state index contributed by atoms with van der Waals surface area (Å²) in [5.41, 5.74) is 6.10. The summed E-state index contributed by atoms with van der Waals surface area (Å²) < 4.78 is 16.0. The Hall–Kier alpha value is -3.05. The zero-order chi connectivity index (χ0) is 22.2. The number of hydrogen-bond donors (Lipinski definition) is 1. The number of aryl methyl sites for hydroxylation is 2. The number of carbonyl (C=O) groups is 1. The quantitative estimate of drug-likeness (QED) is 0.319. The third-order valence-corrected chi connectivity index (χ3v) is 7.38. The summed E-state index contributed by atoms with van der Waals surface area (Å²) in [6.07, 6.45) is 4.27. The van der Waals surface area contributed by atoms with Crippen molar-refractivity contribution in [2.45, 2.75) is 39.5 Å². The number of aromatic nitrogens is 1. The van der Waals surface area contributed by atoms with Crippen LogP contribution >= 0.6 is 11.3 Å². The van der Waals surface area contributed by atoms with Gasteiger partial charge in [-0.1, -0.05) is 60.6 Å². The smallest absolute Gasteiger partial charge is 0.188 e. The zero-order valence-corrected chi connectivity index (χ0v) is 19.1. The summed E-state index contributed by atoms with van der Waals surface area (Å²) >= 11 is 1.53. The fourth-order valence-electron chi connectivity index (χ4n) is 4.59. The number of Topliss-reactive ketones (excluding diaryl/α,β-unsaturated/α-hetero) is 1. The number of carbonyl (C=O) groups excluding carboxylic acids is 1. The summed E-state index contributed by atoms with van der Waals surface area (Å²) in [5.74, 6) is 0.0701. The fraction of sp³-hybridized carbons (Fsp3) is 0.259. The van der Waals surface area contributed by atoms with Crippen LogP contribution in [0, 0.1) is 25.6 Å². The third-order valence-electron chi connectivity index (χ3n) is 6.26. The van der Waals surface area contributed by atoms with Crippen LogP contribution in [0.3, 0.4) is 0 Å². The average molecular weight is 445 g/mol. The van der Waals surface area contributed by atoms with Gasteiger partial charge in [-0.3, -0.25) is 4.79 Å². The lowest BCUT2D eigenvalue weighted by Crippen LogP contribution is -2.10. The van der Waals surface area contributed by atoms with Crippen LogP contribution in [0.1, 0.15) is 47.2 Å². The van der Waals surface area contributed by atoms with Gasteiger partial charge in [0.15, 0.2) is 10.9 Å². The van der Waals surface area contributed by atoms with E-state index in [1.807, 2.05) is 36.4 Å². The molecule has 1 aliphatic rings. The molecule has 5 heteroatoms. The van der Waals surface area contributed by atoms with Gasteiger partial charge in [0.2, 0.25) is 0 Å². The highest BCUT2D eigenvalue weighted by atomic mass is 32.1. The topological polar surface area (TPSA) is 42.0 Å². The Morgan fingerprint density at radius 3 is 2.44 bits per heavy atom. The number of benzene rings is 3. The molecule has 0 unspecified atom stereocenters. The van der Waals surface area contributed by atoms with E-state index in [1.54, 1.807) is 6.07 Å². The van der Waals surface area contributed by atoms with E-state index in [2.05, 4.69) is 30.2 Å². The Bertz CT molecular complexity index is 1300. The molecule has 0 amide bonds. The Labute approximate surface area is 191 Å². The highest BCUT2D eigenvalue weighted by Gasteiger charge is 2.23. The summed E-state index contributed by atoms with van der Waals surface area (Å²) in [7, 11) is 0. The predicted octanol–water partition coefficient (Wildman–Crippen LogP) is 7.84. The molecule has 3 nitrogen and oxygen atoms in total. The van der Waals surface area contributed by atoms with Crippen LogP contribution in [-0.2, 0) is 0 Å². The lowest BCUT2D eigenvalue weighted by atomic mass is 9.94. The molecule has 1 heterocycles. The van der Waals surface area contributed by atoms with Crippen molar-refractivity contribution in [2.24, 2.45) is 5.92 Å². The number of ketones is 1. The normalized spacial score (nSPS) is 14.2. The molecule has 162 valence electrons. The maximum absolute atomic E-state index is 14.9. The van der Waals surface area contributed by atoms with E-state index in [4.69, 9.17) is 0 Å². The van der Waals surface area contributed by atoms with Crippen molar-refractivity contribution in [2.75, 3.05) is 5.32 Å². The second kappa shape index (κ2) is 8.47. The van der Waals surface area contributed by atoms with Crippen molar-refractivity contribution in [1.82, 2.24) is 4.98 Å². The lowest BCUT2D eigenvalue weighted by molar-refractivity contribution is 0.0923. The first-order chi connectivity index (χ1) is 15.5. The number of nitrogens with zero attached hydrogens (tertiary/aromatic N) is 1. The van der Waals surface area contributed by atoms with Crippen molar-refractivity contribution in [1.29, 1.82) is 0 Å². The number of hydrogen-bond acceptors (Lipinski definition) is 4. The molecular weight excluding hydrogens is 419 g/mol. The van der Waals surface area contributed by atoms with E-state index in [9.17, 15) is 9.18 Å². The zero-order valence-electron chi connectivity index (χ0n) is 18.2. The SMILES string of the molecule is Cc1cc(C)c2sc(Nc3ccc(-c4ccc(C(=O)C5CCCC5)cc4)cc3F)nc2c1. The van der Waals surface area contributed by atoms with Gasteiger partial charge in [-0.2, -0.15) is 0 Å². The van der Waals surface area contributed by atoms with Crippen LogP contribution in [0.15, 0.2) is 54.6 Å². The van der Waals surface area contributed by atoms with Gasteiger partial charge < -0.3 is 5.32 Å². The first kappa shape index (κ1) is 20.8. The molecule has 32 heavy (non-hydrogen) atoms. The Kier molecular flexibility index (Phi) is 5.51. The largest absolute Gasteiger partial charge is 0.329 e. The molecule has 0 aliphatic heterocycles. The number of rotatable bonds is 5. The molecule has 3 aromatic carbocycles. The van der Waals surface area contributed by atoms with Crippen molar-refractivity contribution in [3.05, 3.63) is 77.1 Å². The number of thiazole rings is 1. The van der Waals surface area contributed by atoms with E-state index in [-0.39, 0.29) is 17.5 Å². The van der Waals surface area contributed by atoms with Crippen molar-refractivity contribution >= 4 is 38.2 Å². The average Bonchev–Trinajstić information content (AvgIpc) is 3.45. The molecular formula is C27H25FN2OS. The summed E-state index contributed by atoms with van der Waals surface area (Å²) in [6.45, 7) is 4.12. The van der Waals surface area contributed by atoms with Crippen LogP contribution in [0.2, 0.25) is 0 Å². The van der Waals surface area contributed by atoms with Gasteiger partial charge in [0.05, 0.1) is 15.9 Å². The first-order valence-electron chi connectivity index (χ1n) is 11.1. The third kappa shape index (κ3) is 4.05. The van der Waals surface area contributed by atoms with Gasteiger partial charge in [-0.15, -0.1) is 0 Å². The number of anilines is 2. The Balaban J connectivity index is 1.35. The van der Waals surface area contributed by atoms with Gasteiger partial charge >= 0.3 is 0 Å². The highest BCUT2D eigenvalue weighted by molar-refractivity contribution is 7.22. The molecule has 1 saturated carbocycles. The van der Waals surface area contributed by atoms with Gasteiger partial charge in [-0.05, 0) is 67.1 Å². The molecule has 1 N–H and O–H groups in total. The van der Waals surface area contributed by atoms with Crippen molar-refractivity contribution in [3.63, 3.8) is 0 Å². The molecule has 1 fully saturated rings. The Morgan fingerprint density at radius 1 is 1.00 bits per heavy atom. The maximum atomic E-state index is 14.9. The van der Waals surface area contributed by atoms with Gasteiger partial charge in [0.1, 0.15) is 5.82 Å². The minimum absolute atomic E-state index is 0.166. The summed E-state index contributed by atoms with van der Waals surface area (Å²) in [6, 6.07) is 16.9. The van der Waals surface area contributed by atoms with Gasteiger partial charge in [0, 0.05) is 11.5 Å². The molecule has 0 saturated heterocycles. The molecule has 0 atom stereocenters. The van der Waals surface area contributed by atoms with E-state index >= 15 is 0 Å². The standard InChI is InChI=1S/C27H25FN2OS/c1-16-13-17(2)26-24(14-16)30-27(32-26)29-23-12-11-21(15-22(23)28)18-7-9-20(10-8-18)25(31)19-5-3-4-6-19/h7-15,19H,3-6H2,1-2H3,(H,29,30). The van der Waals surface area contributed by atoms with Gasteiger partial charge in [0.25, 0.3) is 0 Å². The van der Waals surface area contributed by atoms with Crippen molar-refractivity contribution in [3.8, 4) is 11.1 Å². The van der Waals surface area contributed by atoms with Crippen LogP contribution < -0.4 is 5.32 Å². The molecule has 0 spiro atoms. The molecule has 4 aromatic rings.